The number of carbonyl (C=O) groups is 1. The molecule has 0 aliphatic heterocycles. The lowest BCUT2D eigenvalue weighted by Crippen LogP contribution is -2.28. The topological polar surface area (TPSA) is 79.4 Å². The Hall–Kier alpha value is -2.69. The molecule has 1 aromatic heterocycles. The second-order valence-corrected chi connectivity index (χ2v) is 9.73. The van der Waals surface area contributed by atoms with Crippen molar-refractivity contribution in [2.24, 2.45) is 0 Å². The Bertz CT molecular complexity index is 1180. The average molecular weight is 466 g/mol. The van der Waals surface area contributed by atoms with Gasteiger partial charge in [-0.15, -0.1) is 11.3 Å². The molecule has 0 unspecified atom stereocenters. The lowest BCUT2D eigenvalue weighted by atomic mass is 10.2. The molecule has 2 aromatic carbocycles. The Labute approximate surface area is 183 Å². The molecule has 164 valence electrons. The van der Waals surface area contributed by atoms with Gasteiger partial charge >= 0.3 is 0 Å². The van der Waals surface area contributed by atoms with Gasteiger partial charge in [0, 0.05) is 30.1 Å². The van der Waals surface area contributed by atoms with Crippen LogP contribution in [0.15, 0.2) is 52.7 Å². The number of nitrogens with one attached hydrogen (secondary N) is 1. The van der Waals surface area contributed by atoms with Crippen LogP contribution in [0.1, 0.15) is 30.1 Å². The number of sulfonamides is 1. The molecule has 1 N–H and O–H groups in total. The number of anilines is 1. The summed E-state index contributed by atoms with van der Waals surface area (Å²) in [6.45, 7) is 2.41. The molecule has 0 atom stereocenters. The van der Waals surface area contributed by atoms with E-state index >= 15 is 0 Å². The van der Waals surface area contributed by atoms with E-state index in [2.05, 4.69) is 10.3 Å². The molecular weight excluding hydrogens is 444 g/mol. The van der Waals surface area contributed by atoms with Crippen LogP contribution < -0.4 is 5.32 Å². The van der Waals surface area contributed by atoms with Crippen molar-refractivity contribution in [3.05, 3.63) is 65.0 Å². The summed E-state index contributed by atoms with van der Waals surface area (Å²) in [5.74, 6) is -2.39. The standard InChI is InChI=1S/C21H21F2N3O3S2/c1-3-4-11-26(2)31(28,29)16-8-5-14(6-9-16)20(27)25-21-24-19(13-30-21)15-7-10-17(22)18(23)12-15/h5-10,12-13H,3-4,11H2,1-2H3,(H,24,25,27). The zero-order valence-electron chi connectivity index (χ0n) is 16.9. The minimum atomic E-state index is -3.61. The van der Waals surface area contributed by atoms with Crippen LogP contribution in [-0.2, 0) is 10.0 Å². The summed E-state index contributed by atoms with van der Waals surface area (Å²) in [5.41, 5.74) is 1.05. The number of rotatable bonds is 8. The van der Waals surface area contributed by atoms with E-state index in [4.69, 9.17) is 0 Å². The van der Waals surface area contributed by atoms with Crippen LogP contribution in [-0.4, -0.2) is 37.2 Å². The van der Waals surface area contributed by atoms with E-state index < -0.39 is 27.6 Å². The van der Waals surface area contributed by atoms with Crippen molar-refractivity contribution in [3.8, 4) is 11.3 Å². The van der Waals surface area contributed by atoms with Crippen LogP contribution in [0, 0.1) is 11.6 Å². The second kappa shape index (κ2) is 9.63. The molecule has 10 heteroatoms. The number of amides is 1. The number of carbonyl (C=O) groups excluding carboxylic acids is 1. The lowest BCUT2D eigenvalue weighted by Gasteiger charge is -2.16. The van der Waals surface area contributed by atoms with Crippen molar-refractivity contribution >= 4 is 32.4 Å². The lowest BCUT2D eigenvalue weighted by molar-refractivity contribution is 0.102. The Morgan fingerprint density at radius 3 is 2.48 bits per heavy atom. The Morgan fingerprint density at radius 2 is 1.84 bits per heavy atom. The highest BCUT2D eigenvalue weighted by molar-refractivity contribution is 7.89. The van der Waals surface area contributed by atoms with Crippen molar-refractivity contribution in [2.45, 2.75) is 24.7 Å². The van der Waals surface area contributed by atoms with Gasteiger partial charge in [-0.25, -0.2) is 26.5 Å². The van der Waals surface area contributed by atoms with Crippen molar-refractivity contribution in [1.29, 1.82) is 0 Å². The maximum Gasteiger partial charge on any atom is 0.257 e. The predicted octanol–water partition coefficient (Wildman–Crippen LogP) is 4.76. The third kappa shape index (κ3) is 5.33. The summed E-state index contributed by atoms with van der Waals surface area (Å²) in [5, 5.41) is 4.52. The summed E-state index contributed by atoms with van der Waals surface area (Å²) in [6.07, 6.45) is 1.64. The highest BCUT2D eigenvalue weighted by Crippen LogP contribution is 2.26. The molecule has 0 aliphatic rings. The van der Waals surface area contributed by atoms with Crippen LogP contribution in [0.4, 0.5) is 13.9 Å². The SMILES string of the molecule is CCCCN(C)S(=O)(=O)c1ccc(C(=O)Nc2nc(-c3ccc(F)c(F)c3)cs2)cc1. The number of benzene rings is 2. The predicted molar refractivity (Wildman–Crippen MR) is 117 cm³/mol. The number of nitrogens with zero attached hydrogens (tertiary/aromatic N) is 2. The fraction of sp³-hybridized carbons (Fsp3) is 0.238. The highest BCUT2D eigenvalue weighted by Gasteiger charge is 2.20. The summed E-state index contributed by atoms with van der Waals surface area (Å²) < 4.78 is 52.9. The molecule has 0 radical (unpaired) electrons. The van der Waals surface area contributed by atoms with E-state index in [1.807, 2.05) is 6.92 Å². The first-order chi connectivity index (χ1) is 14.7. The van der Waals surface area contributed by atoms with Gasteiger partial charge in [0.05, 0.1) is 10.6 Å². The van der Waals surface area contributed by atoms with Gasteiger partial charge in [-0.3, -0.25) is 10.1 Å². The van der Waals surface area contributed by atoms with Crippen molar-refractivity contribution in [3.63, 3.8) is 0 Å². The van der Waals surface area contributed by atoms with E-state index in [1.54, 1.807) is 5.38 Å². The van der Waals surface area contributed by atoms with Gasteiger partial charge in [0.25, 0.3) is 5.91 Å². The highest BCUT2D eigenvalue weighted by atomic mass is 32.2. The van der Waals surface area contributed by atoms with Crippen molar-refractivity contribution in [2.75, 3.05) is 18.9 Å². The third-order valence-corrected chi connectivity index (χ3v) is 7.22. The zero-order chi connectivity index (χ0) is 22.6. The van der Waals surface area contributed by atoms with Gasteiger partial charge < -0.3 is 0 Å². The largest absolute Gasteiger partial charge is 0.298 e. The summed E-state index contributed by atoms with van der Waals surface area (Å²) in [7, 11) is -2.09. The number of aromatic nitrogens is 1. The van der Waals surface area contributed by atoms with E-state index in [0.717, 1.165) is 36.3 Å². The molecule has 0 saturated heterocycles. The fourth-order valence-electron chi connectivity index (χ4n) is 2.75. The fourth-order valence-corrected chi connectivity index (χ4v) is 4.67. The number of halogens is 2. The first-order valence-electron chi connectivity index (χ1n) is 9.51. The maximum absolute atomic E-state index is 13.4. The minimum Gasteiger partial charge on any atom is -0.298 e. The molecule has 1 heterocycles. The normalized spacial score (nSPS) is 11.6. The van der Waals surface area contributed by atoms with Crippen molar-refractivity contribution < 1.29 is 22.0 Å². The maximum atomic E-state index is 13.4. The molecule has 6 nitrogen and oxygen atoms in total. The average Bonchev–Trinajstić information content (AvgIpc) is 3.22. The smallest absolute Gasteiger partial charge is 0.257 e. The molecule has 0 aliphatic carbocycles. The van der Waals surface area contributed by atoms with Gasteiger partial charge in [-0.2, -0.15) is 0 Å². The molecular formula is C21H21F2N3O3S2. The molecule has 0 spiro atoms. The van der Waals surface area contributed by atoms with E-state index in [1.165, 1.54) is 41.7 Å². The van der Waals surface area contributed by atoms with Gasteiger partial charge in [0.2, 0.25) is 10.0 Å². The quantitative estimate of drug-likeness (QED) is 0.520. The van der Waals surface area contributed by atoms with Gasteiger partial charge in [-0.1, -0.05) is 13.3 Å². The molecule has 1 amide bonds. The van der Waals surface area contributed by atoms with E-state index in [9.17, 15) is 22.0 Å². The van der Waals surface area contributed by atoms with Crippen molar-refractivity contribution in [1.82, 2.24) is 9.29 Å². The van der Waals surface area contributed by atoms with Crippen LogP contribution in [0.3, 0.4) is 0 Å². The summed E-state index contributed by atoms with van der Waals surface area (Å²) in [4.78, 5) is 16.8. The van der Waals surface area contributed by atoms with Gasteiger partial charge in [0.15, 0.2) is 16.8 Å². The Morgan fingerprint density at radius 1 is 1.13 bits per heavy atom. The van der Waals surface area contributed by atoms with Crippen LogP contribution in [0.5, 0.6) is 0 Å². The minimum absolute atomic E-state index is 0.109. The van der Waals surface area contributed by atoms with Gasteiger partial charge in [0.1, 0.15) is 0 Å². The Kier molecular flexibility index (Phi) is 7.14. The number of hydrogen-bond acceptors (Lipinski definition) is 5. The van der Waals surface area contributed by atoms with Crippen LogP contribution in [0.25, 0.3) is 11.3 Å². The third-order valence-electron chi connectivity index (χ3n) is 4.59. The molecule has 31 heavy (non-hydrogen) atoms. The molecule has 0 saturated carbocycles. The Balaban J connectivity index is 1.70. The summed E-state index contributed by atoms with van der Waals surface area (Å²) in [6, 6.07) is 9.09. The first kappa shape index (κ1) is 23.0. The summed E-state index contributed by atoms with van der Waals surface area (Å²) >= 11 is 1.13. The monoisotopic (exact) mass is 465 g/mol. The molecule has 0 fully saturated rings. The number of unbranched alkanes of at least 4 members (excludes halogenated alkanes) is 1. The van der Waals surface area contributed by atoms with Crippen LogP contribution in [0.2, 0.25) is 0 Å². The van der Waals surface area contributed by atoms with Gasteiger partial charge in [-0.05, 0) is 48.9 Å². The molecule has 3 aromatic rings. The number of hydrogen-bond donors (Lipinski definition) is 1. The second-order valence-electron chi connectivity index (χ2n) is 6.83. The number of thiazole rings is 1. The molecule has 0 bridgehead atoms. The zero-order valence-corrected chi connectivity index (χ0v) is 18.6. The first-order valence-corrected chi connectivity index (χ1v) is 11.8. The van der Waals surface area contributed by atoms with Crippen LogP contribution >= 0.6 is 11.3 Å². The van der Waals surface area contributed by atoms with E-state index in [-0.39, 0.29) is 15.6 Å². The van der Waals surface area contributed by atoms with E-state index in [0.29, 0.717) is 17.8 Å². The molecule has 3 rings (SSSR count).